The van der Waals surface area contributed by atoms with E-state index in [1.54, 1.807) is 30.3 Å². The zero-order valence-electron chi connectivity index (χ0n) is 16.1. The van der Waals surface area contributed by atoms with Gasteiger partial charge in [0, 0.05) is 11.6 Å². The van der Waals surface area contributed by atoms with Crippen molar-refractivity contribution in [2.45, 2.75) is 38.1 Å². The van der Waals surface area contributed by atoms with E-state index in [4.69, 9.17) is 4.42 Å². The lowest BCUT2D eigenvalue weighted by molar-refractivity contribution is -0.132. The second-order valence-electron chi connectivity index (χ2n) is 7.34. The summed E-state index contributed by atoms with van der Waals surface area (Å²) in [6, 6.07) is 8.58. The third kappa shape index (κ3) is 3.63. The number of carboxylic acid groups (broad SMARTS) is 1. The molecule has 0 bridgehead atoms. The smallest absolute Gasteiger partial charge is 0.336 e. The number of carboxylic acids is 1. The van der Waals surface area contributed by atoms with Crippen molar-refractivity contribution in [3.8, 4) is 11.3 Å². The third-order valence-electron chi connectivity index (χ3n) is 5.41. The van der Waals surface area contributed by atoms with E-state index in [-0.39, 0.29) is 22.9 Å². The van der Waals surface area contributed by atoms with Gasteiger partial charge in [0.2, 0.25) is 0 Å². The van der Waals surface area contributed by atoms with Crippen LogP contribution in [0.4, 0.5) is 4.79 Å². The zero-order chi connectivity index (χ0) is 21.3. The Bertz CT molecular complexity index is 1060. The molecular weight excluding hydrogens is 388 g/mol. The molecule has 2 fully saturated rings. The minimum atomic E-state index is -1.09. The van der Waals surface area contributed by atoms with Gasteiger partial charge >= 0.3 is 12.0 Å². The maximum absolute atomic E-state index is 12.9. The van der Waals surface area contributed by atoms with Crippen LogP contribution in [0.1, 0.15) is 48.2 Å². The maximum atomic E-state index is 12.9. The predicted molar refractivity (Wildman–Crippen MR) is 106 cm³/mol. The van der Waals surface area contributed by atoms with Crippen molar-refractivity contribution in [3.63, 3.8) is 0 Å². The molecule has 2 aliphatic rings. The molecule has 2 N–H and O–H groups in total. The number of amides is 4. The number of carbonyl (C=O) groups excluding carboxylic acids is 3. The number of benzene rings is 1. The number of imide groups is 2. The molecule has 0 radical (unpaired) electrons. The Labute approximate surface area is 172 Å². The van der Waals surface area contributed by atoms with E-state index in [0.717, 1.165) is 37.0 Å². The van der Waals surface area contributed by atoms with Gasteiger partial charge in [-0.3, -0.25) is 19.8 Å². The summed E-state index contributed by atoms with van der Waals surface area (Å²) < 4.78 is 5.69. The molecule has 8 heteroatoms. The van der Waals surface area contributed by atoms with Crippen LogP contribution in [0.25, 0.3) is 17.4 Å². The Kier molecular flexibility index (Phi) is 5.22. The lowest BCUT2D eigenvalue weighted by Gasteiger charge is -2.35. The summed E-state index contributed by atoms with van der Waals surface area (Å²) in [5.74, 6) is -2.00. The highest BCUT2D eigenvalue weighted by Gasteiger charge is 2.40. The molecule has 0 unspecified atom stereocenters. The summed E-state index contributed by atoms with van der Waals surface area (Å²) in [6.07, 6.45) is 5.65. The standard InChI is InChI=1S/C22H20N2O6/c25-19-17(20(26)24(22(29)23-19)13-6-2-1-3-7-13)12-14-10-11-18(30-14)15-8-4-5-9-16(15)21(27)28/h4-5,8-13H,1-3,6-7H2,(H,27,28)(H,23,25,29). The average Bonchev–Trinajstić information content (AvgIpc) is 3.20. The second-order valence-corrected chi connectivity index (χ2v) is 7.34. The van der Waals surface area contributed by atoms with E-state index in [1.807, 2.05) is 0 Å². The fourth-order valence-electron chi connectivity index (χ4n) is 3.94. The molecule has 30 heavy (non-hydrogen) atoms. The highest BCUT2D eigenvalue weighted by atomic mass is 16.4. The molecule has 1 saturated heterocycles. The monoisotopic (exact) mass is 408 g/mol. The van der Waals surface area contributed by atoms with Crippen LogP contribution in [0, 0.1) is 0 Å². The fraction of sp³-hybridized carbons (Fsp3) is 0.273. The highest BCUT2D eigenvalue weighted by molar-refractivity contribution is 6.31. The minimum absolute atomic E-state index is 0.0756. The first kappa shape index (κ1) is 19.6. The first-order chi connectivity index (χ1) is 14.5. The van der Waals surface area contributed by atoms with Crippen molar-refractivity contribution in [3.05, 3.63) is 53.3 Å². The predicted octanol–water partition coefficient (Wildman–Crippen LogP) is 3.44. The van der Waals surface area contributed by atoms with Gasteiger partial charge in [0.15, 0.2) is 0 Å². The second kappa shape index (κ2) is 7.98. The van der Waals surface area contributed by atoms with E-state index in [9.17, 15) is 24.3 Å². The van der Waals surface area contributed by atoms with Gasteiger partial charge in [-0.2, -0.15) is 0 Å². The number of nitrogens with one attached hydrogen (secondary N) is 1. The molecule has 1 aromatic heterocycles. The van der Waals surface area contributed by atoms with E-state index in [0.29, 0.717) is 11.3 Å². The van der Waals surface area contributed by atoms with Crippen LogP contribution in [-0.4, -0.2) is 39.9 Å². The van der Waals surface area contributed by atoms with Crippen LogP contribution < -0.4 is 5.32 Å². The van der Waals surface area contributed by atoms with Crippen molar-refractivity contribution >= 4 is 29.9 Å². The zero-order valence-corrected chi connectivity index (χ0v) is 16.1. The SMILES string of the molecule is O=C1NC(=O)N(C2CCCCC2)C(=O)C1=Cc1ccc(-c2ccccc2C(=O)O)o1. The molecule has 8 nitrogen and oxygen atoms in total. The van der Waals surface area contributed by atoms with Gasteiger partial charge in [-0.05, 0) is 37.1 Å². The Morgan fingerprint density at radius 3 is 2.53 bits per heavy atom. The number of aromatic carboxylic acids is 1. The summed E-state index contributed by atoms with van der Waals surface area (Å²) in [4.78, 5) is 50.1. The normalized spacial score (nSPS) is 19.3. The summed E-state index contributed by atoms with van der Waals surface area (Å²) >= 11 is 0. The van der Waals surface area contributed by atoms with E-state index >= 15 is 0 Å². The number of urea groups is 1. The molecule has 1 saturated carbocycles. The lowest BCUT2D eigenvalue weighted by Crippen LogP contribution is -2.58. The van der Waals surface area contributed by atoms with Crippen LogP contribution in [0.15, 0.2) is 46.4 Å². The van der Waals surface area contributed by atoms with Crippen LogP contribution in [0.2, 0.25) is 0 Å². The maximum Gasteiger partial charge on any atom is 0.336 e. The van der Waals surface area contributed by atoms with Crippen LogP contribution in [0.5, 0.6) is 0 Å². The summed E-state index contributed by atoms with van der Waals surface area (Å²) in [5, 5.41) is 11.6. The number of hydrogen-bond donors (Lipinski definition) is 2. The number of rotatable bonds is 4. The quantitative estimate of drug-likeness (QED) is 0.591. The molecule has 0 spiro atoms. The Morgan fingerprint density at radius 2 is 1.80 bits per heavy atom. The first-order valence-corrected chi connectivity index (χ1v) is 9.79. The number of barbiturate groups is 1. The number of nitrogens with zero attached hydrogens (tertiary/aromatic N) is 1. The van der Waals surface area contributed by atoms with Crippen molar-refractivity contribution in [1.82, 2.24) is 10.2 Å². The van der Waals surface area contributed by atoms with Crippen molar-refractivity contribution in [2.75, 3.05) is 0 Å². The lowest BCUT2D eigenvalue weighted by atomic mass is 9.93. The van der Waals surface area contributed by atoms with Gasteiger partial charge in [0.25, 0.3) is 11.8 Å². The fourth-order valence-corrected chi connectivity index (χ4v) is 3.94. The Morgan fingerprint density at radius 1 is 1.07 bits per heavy atom. The largest absolute Gasteiger partial charge is 0.478 e. The Hall–Kier alpha value is -3.68. The summed E-state index contributed by atoms with van der Waals surface area (Å²) in [5.41, 5.74) is 0.271. The molecule has 2 heterocycles. The topological polar surface area (TPSA) is 117 Å². The molecular formula is C22H20N2O6. The molecule has 154 valence electrons. The number of hydrogen-bond acceptors (Lipinski definition) is 5. The van der Waals surface area contributed by atoms with Crippen LogP contribution >= 0.6 is 0 Å². The molecule has 0 atom stereocenters. The average molecular weight is 408 g/mol. The molecule has 1 aromatic carbocycles. The van der Waals surface area contributed by atoms with Crippen molar-refractivity contribution < 1.29 is 28.7 Å². The van der Waals surface area contributed by atoms with Gasteiger partial charge in [0.1, 0.15) is 17.1 Å². The molecule has 2 aromatic rings. The van der Waals surface area contributed by atoms with Gasteiger partial charge in [-0.25, -0.2) is 9.59 Å². The van der Waals surface area contributed by atoms with Crippen molar-refractivity contribution in [1.29, 1.82) is 0 Å². The summed E-state index contributed by atoms with van der Waals surface area (Å²) in [6.45, 7) is 0. The number of carbonyl (C=O) groups is 4. The first-order valence-electron chi connectivity index (χ1n) is 9.79. The molecule has 1 aliphatic carbocycles. The van der Waals surface area contributed by atoms with E-state index in [2.05, 4.69) is 5.32 Å². The van der Waals surface area contributed by atoms with E-state index in [1.165, 1.54) is 12.1 Å². The third-order valence-corrected chi connectivity index (χ3v) is 5.41. The molecule has 1 aliphatic heterocycles. The van der Waals surface area contributed by atoms with Gasteiger partial charge in [0.05, 0.1) is 5.56 Å². The molecule has 4 amide bonds. The minimum Gasteiger partial charge on any atom is -0.478 e. The number of furan rings is 1. The van der Waals surface area contributed by atoms with E-state index < -0.39 is 23.8 Å². The van der Waals surface area contributed by atoms with Crippen LogP contribution in [0.3, 0.4) is 0 Å². The summed E-state index contributed by atoms with van der Waals surface area (Å²) in [7, 11) is 0. The molecule has 4 rings (SSSR count). The van der Waals surface area contributed by atoms with Gasteiger partial charge in [-0.15, -0.1) is 0 Å². The van der Waals surface area contributed by atoms with Crippen LogP contribution in [-0.2, 0) is 9.59 Å². The Balaban J connectivity index is 1.64. The van der Waals surface area contributed by atoms with Gasteiger partial charge < -0.3 is 9.52 Å². The van der Waals surface area contributed by atoms with Crippen molar-refractivity contribution in [2.24, 2.45) is 0 Å². The van der Waals surface area contributed by atoms with Gasteiger partial charge in [-0.1, -0.05) is 37.5 Å². The highest BCUT2D eigenvalue weighted by Crippen LogP contribution is 2.29.